The van der Waals surface area contributed by atoms with Crippen LogP contribution in [0.3, 0.4) is 0 Å². The number of hydrogen-bond donors (Lipinski definition) is 1. The van der Waals surface area contributed by atoms with Gasteiger partial charge < -0.3 is 4.98 Å². The minimum Gasteiger partial charge on any atom is -0.306 e. The zero-order chi connectivity index (χ0) is 18.0. The van der Waals surface area contributed by atoms with Gasteiger partial charge in [0, 0.05) is 24.1 Å². The molecule has 0 bridgehead atoms. The average molecular weight is 364 g/mol. The lowest BCUT2D eigenvalue weighted by molar-refractivity contribution is 0.593. The first kappa shape index (κ1) is 18.4. The summed E-state index contributed by atoms with van der Waals surface area (Å²) in [6, 6.07) is 4.59. The van der Waals surface area contributed by atoms with Crippen LogP contribution in [0.1, 0.15) is 26.3 Å². The summed E-state index contributed by atoms with van der Waals surface area (Å²) >= 11 is 0. The molecule has 2 aromatic heterocycles. The maximum Gasteiger partial charge on any atom is 0.250 e. The molecule has 0 spiro atoms. The van der Waals surface area contributed by atoms with Crippen LogP contribution in [0.4, 0.5) is 0 Å². The topological polar surface area (TPSA) is 92.8 Å². The fourth-order valence-electron chi connectivity index (χ4n) is 2.52. The smallest absolute Gasteiger partial charge is 0.250 e. The second kappa shape index (κ2) is 6.87. The summed E-state index contributed by atoms with van der Waals surface area (Å²) in [4.78, 5) is 22.3. The van der Waals surface area contributed by atoms with E-state index in [1.165, 1.54) is 12.3 Å². The Balaban J connectivity index is 2.67. The molecule has 0 saturated heterocycles. The fraction of sp³-hybridized carbons (Fsp3) is 0.438. The Morgan fingerprint density at radius 1 is 1.21 bits per heavy atom. The number of pyridine rings is 1. The van der Waals surface area contributed by atoms with Crippen molar-refractivity contribution in [3.05, 3.63) is 28.2 Å². The van der Waals surface area contributed by atoms with Gasteiger partial charge in [0.1, 0.15) is 13.7 Å². The zero-order valence-electron chi connectivity index (χ0n) is 14.3. The lowest BCUT2D eigenvalue weighted by Crippen LogP contribution is -2.29. The van der Waals surface area contributed by atoms with E-state index in [2.05, 4.69) is 47.2 Å². The van der Waals surface area contributed by atoms with Gasteiger partial charge in [-0.3, -0.25) is 4.79 Å². The van der Waals surface area contributed by atoms with Crippen LogP contribution in [-0.2, 0) is 9.84 Å². The van der Waals surface area contributed by atoms with E-state index in [0.717, 1.165) is 24.4 Å². The molecular formula is C16H21N3O3SSi. The van der Waals surface area contributed by atoms with Gasteiger partial charge in [-0.25, -0.2) is 18.4 Å². The van der Waals surface area contributed by atoms with Crippen molar-refractivity contribution in [1.29, 1.82) is 0 Å². The van der Waals surface area contributed by atoms with Gasteiger partial charge in [-0.2, -0.15) is 0 Å². The number of hydrogen-bond acceptors (Lipinski definition) is 5. The maximum atomic E-state index is 11.9. The predicted octanol–water partition coefficient (Wildman–Crippen LogP) is 2.12. The molecule has 0 atom stereocenters. The van der Waals surface area contributed by atoms with Gasteiger partial charge in [-0.1, -0.05) is 26.7 Å². The van der Waals surface area contributed by atoms with Crippen molar-refractivity contribution in [2.75, 3.05) is 6.26 Å². The number of aromatic nitrogens is 3. The second-order valence-electron chi connectivity index (χ2n) is 5.83. The number of nitrogens with zero attached hydrogens (tertiary/aromatic N) is 2. The number of H-pyrrole nitrogens is 1. The van der Waals surface area contributed by atoms with Crippen molar-refractivity contribution in [2.45, 2.75) is 44.1 Å². The summed E-state index contributed by atoms with van der Waals surface area (Å²) in [6.45, 7) is 6.47. The molecule has 2 heterocycles. The molecule has 0 unspecified atom stereocenters. The van der Waals surface area contributed by atoms with Crippen LogP contribution < -0.4 is 5.56 Å². The minimum absolute atomic E-state index is 0.194. The third-order valence-corrected chi connectivity index (χ3v) is 9.97. The molecule has 2 aromatic rings. The van der Waals surface area contributed by atoms with Crippen molar-refractivity contribution < 1.29 is 8.42 Å². The van der Waals surface area contributed by atoms with E-state index in [1.54, 1.807) is 0 Å². The average Bonchev–Trinajstić information content (AvgIpc) is 2.55. The molecule has 0 aromatic carbocycles. The molecule has 0 aliphatic rings. The number of rotatable bonds is 4. The summed E-state index contributed by atoms with van der Waals surface area (Å²) < 4.78 is 23.2. The van der Waals surface area contributed by atoms with Gasteiger partial charge in [-0.15, -0.1) is 5.54 Å². The van der Waals surface area contributed by atoms with Crippen LogP contribution in [0, 0.1) is 11.5 Å². The molecule has 0 radical (unpaired) electrons. The Bertz CT molecular complexity index is 975. The number of fused-ring (bicyclic) bond motifs is 1. The Kier molecular flexibility index (Phi) is 5.25. The monoisotopic (exact) mass is 363 g/mol. The summed E-state index contributed by atoms with van der Waals surface area (Å²) in [7, 11) is -5.20. The first-order chi connectivity index (χ1) is 11.2. The number of nitrogens with one attached hydrogen (secondary N) is 1. The maximum absolute atomic E-state index is 11.9. The third-order valence-electron chi connectivity index (χ3n) is 4.40. The van der Waals surface area contributed by atoms with E-state index < -0.39 is 17.9 Å². The molecule has 24 heavy (non-hydrogen) atoms. The normalized spacial score (nSPS) is 12.0. The number of sulfone groups is 1. The lowest BCUT2D eigenvalue weighted by Gasteiger charge is -2.20. The summed E-state index contributed by atoms with van der Waals surface area (Å²) in [5, 5.41) is 0.246. The standard InChI is InChI=1S/C16H21N3O3SSi/c1-5-24(6-2,7-3)9-8-12-10-14(20)18-15-13(12)11-17-16(19-15)23(4,21)22/h10-11H,5-7H2,1-4H3,(H,17,18,19,20). The van der Waals surface area contributed by atoms with E-state index in [4.69, 9.17) is 0 Å². The SMILES string of the molecule is CC[Si](C#Cc1cc(=O)[nH]c2nc(S(C)(=O)=O)ncc12)(CC)CC. The van der Waals surface area contributed by atoms with E-state index in [1.807, 2.05) is 0 Å². The molecule has 0 aliphatic heterocycles. The molecule has 1 N–H and O–H groups in total. The quantitative estimate of drug-likeness (QED) is 0.510. The molecule has 0 fully saturated rings. The van der Waals surface area contributed by atoms with Gasteiger partial charge in [0.25, 0.3) is 5.56 Å². The van der Waals surface area contributed by atoms with Crippen molar-refractivity contribution in [2.24, 2.45) is 0 Å². The van der Waals surface area contributed by atoms with Crippen LogP contribution in [0.15, 0.2) is 22.2 Å². The highest BCUT2D eigenvalue weighted by atomic mass is 32.2. The lowest BCUT2D eigenvalue weighted by atomic mass is 10.2. The largest absolute Gasteiger partial charge is 0.306 e. The van der Waals surface area contributed by atoms with Crippen LogP contribution in [0.25, 0.3) is 11.0 Å². The van der Waals surface area contributed by atoms with Crippen LogP contribution in [-0.4, -0.2) is 37.7 Å². The molecule has 0 aliphatic carbocycles. The van der Waals surface area contributed by atoms with Crippen molar-refractivity contribution in [3.8, 4) is 11.5 Å². The Morgan fingerprint density at radius 2 is 1.83 bits per heavy atom. The Hall–Kier alpha value is -1.98. The Labute approximate surface area is 142 Å². The Morgan fingerprint density at radius 3 is 2.38 bits per heavy atom. The van der Waals surface area contributed by atoms with Crippen molar-refractivity contribution in [1.82, 2.24) is 15.0 Å². The van der Waals surface area contributed by atoms with E-state index in [0.29, 0.717) is 10.9 Å². The predicted molar refractivity (Wildman–Crippen MR) is 97.3 cm³/mol. The van der Waals surface area contributed by atoms with E-state index >= 15 is 0 Å². The van der Waals surface area contributed by atoms with E-state index in [9.17, 15) is 13.2 Å². The number of aromatic amines is 1. The highest BCUT2D eigenvalue weighted by Crippen LogP contribution is 2.20. The summed E-state index contributed by atoms with van der Waals surface area (Å²) in [5.74, 6) is 3.14. The highest BCUT2D eigenvalue weighted by molar-refractivity contribution is 7.90. The fourth-order valence-corrected chi connectivity index (χ4v) is 5.45. The molecule has 2 rings (SSSR count). The molecule has 128 valence electrons. The highest BCUT2D eigenvalue weighted by Gasteiger charge is 2.24. The third kappa shape index (κ3) is 3.74. The van der Waals surface area contributed by atoms with Gasteiger partial charge >= 0.3 is 0 Å². The van der Waals surface area contributed by atoms with Crippen LogP contribution >= 0.6 is 0 Å². The van der Waals surface area contributed by atoms with Gasteiger partial charge in [0.05, 0.1) is 5.39 Å². The first-order valence-electron chi connectivity index (χ1n) is 7.88. The van der Waals surface area contributed by atoms with E-state index in [-0.39, 0.29) is 16.4 Å². The van der Waals surface area contributed by atoms with Crippen molar-refractivity contribution >= 4 is 28.9 Å². The zero-order valence-corrected chi connectivity index (χ0v) is 16.1. The van der Waals surface area contributed by atoms with Crippen LogP contribution in [0.2, 0.25) is 18.1 Å². The summed E-state index contributed by atoms with van der Waals surface area (Å²) in [5.41, 5.74) is 3.80. The van der Waals surface area contributed by atoms with Gasteiger partial charge in [0.2, 0.25) is 15.0 Å². The first-order valence-corrected chi connectivity index (χ1v) is 12.4. The molecule has 0 saturated carbocycles. The minimum atomic E-state index is -3.54. The van der Waals surface area contributed by atoms with Crippen molar-refractivity contribution in [3.63, 3.8) is 0 Å². The molecule has 0 amide bonds. The van der Waals surface area contributed by atoms with Gasteiger partial charge in [-0.05, 0) is 18.1 Å². The molecule has 8 heteroatoms. The second-order valence-corrected chi connectivity index (χ2v) is 12.7. The molecular weight excluding hydrogens is 342 g/mol. The molecule has 6 nitrogen and oxygen atoms in total. The summed E-state index contributed by atoms with van der Waals surface area (Å²) in [6.07, 6.45) is 2.44. The van der Waals surface area contributed by atoms with Crippen LogP contribution in [0.5, 0.6) is 0 Å². The van der Waals surface area contributed by atoms with Gasteiger partial charge in [0.15, 0.2) is 0 Å².